The maximum absolute atomic E-state index is 5.74. The van der Waals surface area contributed by atoms with E-state index in [4.69, 9.17) is 10.5 Å². The van der Waals surface area contributed by atoms with Gasteiger partial charge >= 0.3 is 0 Å². The van der Waals surface area contributed by atoms with Gasteiger partial charge in [0.25, 0.3) is 0 Å². The summed E-state index contributed by atoms with van der Waals surface area (Å²) >= 11 is 0. The predicted molar refractivity (Wildman–Crippen MR) is 127 cm³/mol. The van der Waals surface area contributed by atoms with E-state index in [0.717, 1.165) is 18.0 Å². The first-order valence-corrected chi connectivity index (χ1v) is 10.4. The Labute approximate surface area is 174 Å². The number of ether oxygens (including phenoxy) is 1. The fourth-order valence-corrected chi connectivity index (χ4v) is 2.30. The summed E-state index contributed by atoms with van der Waals surface area (Å²) in [6, 6.07) is 8.26. The first-order valence-electron chi connectivity index (χ1n) is 10.4. The minimum Gasteiger partial charge on any atom is -0.497 e. The Bertz CT molecular complexity index is 584. The Morgan fingerprint density at radius 2 is 1.68 bits per heavy atom. The van der Waals surface area contributed by atoms with Crippen molar-refractivity contribution in [2.24, 2.45) is 0 Å². The van der Waals surface area contributed by atoms with Crippen molar-refractivity contribution in [2.45, 2.75) is 68.4 Å². The van der Waals surface area contributed by atoms with Crippen LogP contribution < -0.4 is 11.2 Å². The minimum atomic E-state index is 0.276. The molecule has 2 rings (SSSR count). The second kappa shape index (κ2) is 16.9. The third-order valence-electron chi connectivity index (χ3n) is 3.34. The largest absolute Gasteiger partial charge is 0.497 e. The molecule has 1 atom stereocenters. The van der Waals surface area contributed by atoms with E-state index in [1.165, 1.54) is 16.7 Å². The van der Waals surface area contributed by atoms with Crippen LogP contribution >= 0.6 is 0 Å². The lowest BCUT2D eigenvalue weighted by molar-refractivity contribution is 0.181. The van der Waals surface area contributed by atoms with Crippen LogP contribution in [0, 0.1) is 0 Å². The number of benzene rings is 1. The molecule has 0 fully saturated rings. The maximum atomic E-state index is 5.74. The highest BCUT2D eigenvalue weighted by molar-refractivity contribution is 5.71. The molecule has 0 radical (unpaired) electrons. The summed E-state index contributed by atoms with van der Waals surface area (Å²) in [6.07, 6.45) is 4.14. The summed E-state index contributed by atoms with van der Waals surface area (Å²) in [5.74, 6) is 0.974. The number of hydrazine groups is 1. The molecule has 1 aliphatic rings. The van der Waals surface area contributed by atoms with Crippen LogP contribution in [0.3, 0.4) is 0 Å². The highest BCUT2D eigenvalue weighted by atomic mass is 16.5. The van der Waals surface area contributed by atoms with Crippen molar-refractivity contribution in [2.75, 3.05) is 18.9 Å². The Kier molecular flexibility index (Phi) is 16.9. The topological polar surface area (TPSA) is 50.5 Å². The summed E-state index contributed by atoms with van der Waals surface area (Å²) in [6.45, 7) is 23.1. The normalized spacial score (nSPS) is 15.0. The molecule has 4 nitrogen and oxygen atoms in total. The first-order chi connectivity index (χ1) is 13.4. The van der Waals surface area contributed by atoms with Gasteiger partial charge in [0.2, 0.25) is 0 Å². The monoisotopic (exact) mass is 389 g/mol. The summed E-state index contributed by atoms with van der Waals surface area (Å²) in [5.41, 5.74) is 13.6. The van der Waals surface area contributed by atoms with E-state index in [-0.39, 0.29) is 6.04 Å². The molecule has 0 aromatic heterocycles. The number of rotatable bonds is 5. The molecular weight excluding hydrogens is 346 g/mol. The maximum Gasteiger partial charge on any atom is 0.113 e. The van der Waals surface area contributed by atoms with Gasteiger partial charge in [-0.3, -0.25) is 0 Å². The molecule has 1 aliphatic heterocycles. The van der Waals surface area contributed by atoms with Crippen molar-refractivity contribution >= 4 is 11.3 Å². The number of nitrogens with one attached hydrogen (secondary N) is 1. The summed E-state index contributed by atoms with van der Waals surface area (Å²) in [5, 5.41) is 2.07. The molecule has 28 heavy (non-hydrogen) atoms. The lowest BCUT2D eigenvalue weighted by Gasteiger charge is -2.19. The molecule has 0 saturated heterocycles. The molecule has 0 bridgehead atoms. The second-order valence-electron chi connectivity index (χ2n) is 6.08. The molecule has 0 spiro atoms. The van der Waals surface area contributed by atoms with E-state index in [1.807, 2.05) is 73.6 Å². The van der Waals surface area contributed by atoms with Crippen molar-refractivity contribution in [1.82, 2.24) is 10.4 Å². The van der Waals surface area contributed by atoms with Crippen molar-refractivity contribution in [3.63, 3.8) is 0 Å². The van der Waals surface area contributed by atoms with Gasteiger partial charge in [0, 0.05) is 11.9 Å². The minimum absolute atomic E-state index is 0.276. The SMILES string of the molecule is C/C=C(\CN1C=C(c2ccc(N)cc2)C(C)N1)OCC.C=C(C)C.CC.CC. The Morgan fingerprint density at radius 3 is 2.11 bits per heavy atom. The smallest absolute Gasteiger partial charge is 0.113 e. The van der Waals surface area contributed by atoms with Gasteiger partial charge < -0.3 is 15.5 Å². The zero-order valence-corrected chi connectivity index (χ0v) is 19.6. The number of hydrogen-bond acceptors (Lipinski definition) is 4. The summed E-state index contributed by atoms with van der Waals surface area (Å²) in [7, 11) is 0. The highest BCUT2D eigenvalue weighted by Gasteiger charge is 2.21. The zero-order chi connectivity index (χ0) is 22.1. The third-order valence-corrected chi connectivity index (χ3v) is 3.34. The summed E-state index contributed by atoms with van der Waals surface area (Å²) in [4.78, 5) is 0. The van der Waals surface area contributed by atoms with Crippen LogP contribution in [-0.4, -0.2) is 24.2 Å². The number of anilines is 1. The molecule has 1 heterocycles. The lowest BCUT2D eigenvalue weighted by atomic mass is 10.0. The average molecular weight is 390 g/mol. The number of allylic oxidation sites excluding steroid dienone is 2. The molecule has 0 aliphatic carbocycles. The molecule has 0 saturated carbocycles. The van der Waals surface area contributed by atoms with Crippen LogP contribution in [0.15, 0.2) is 54.5 Å². The number of nitrogens with zero attached hydrogens (tertiary/aromatic N) is 1. The van der Waals surface area contributed by atoms with Gasteiger partial charge in [0.15, 0.2) is 0 Å². The zero-order valence-electron chi connectivity index (χ0n) is 19.6. The number of nitrogen functional groups attached to an aromatic ring is 1. The molecular formula is C24H43N3O. The van der Waals surface area contributed by atoms with Gasteiger partial charge in [0.1, 0.15) is 5.76 Å². The number of nitrogens with two attached hydrogens (primary N) is 1. The van der Waals surface area contributed by atoms with Crippen LogP contribution in [0.1, 0.15) is 67.9 Å². The van der Waals surface area contributed by atoms with E-state index in [1.54, 1.807) is 0 Å². The van der Waals surface area contributed by atoms with E-state index in [0.29, 0.717) is 6.61 Å². The van der Waals surface area contributed by atoms with Crippen LogP contribution in [0.25, 0.3) is 5.57 Å². The van der Waals surface area contributed by atoms with E-state index < -0.39 is 0 Å². The average Bonchev–Trinajstić information content (AvgIpc) is 3.05. The molecule has 1 aromatic carbocycles. The Hall–Kier alpha value is -2.20. The molecule has 4 heteroatoms. The van der Waals surface area contributed by atoms with Crippen LogP contribution in [0.4, 0.5) is 5.69 Å². The second-order valence-corrected chi connectivity index (χ2v) is 6.08. The molecule has 1 unspecified atom stereocenters. The lowest BCUT2D eigenvalue weighted by Crippen LogP contribution is -2.35. The molecule has 1 aromatic rings. The molecule has 0 amide bonds. The van der Waals surface area contributed by atoms with E-state index >= 15 is 0 Å². The van der Waals surface area contributed by atoms with Crippen molar-refractivity contribution in [3.05, 3.63) is 60.0 Å². The van der Waals surface area contributed by atoms with Crippen molar-refractivity contribution in [3.8, 4) is 0 Å². The van der Waals surface area contributed by atoms with Crippen LogP contribution in [0.2, 0.25) is 0 Å². The van der Waals surface area contributed by atoms with Crippen LogP contribution in [0.5, 0.6) is 0 Å². The fourth-order valence-electron chi connectivity index (χ4n) is 2.30. The Balaban J connectivity index is 0. The predicted octanol–water partition coefficient (Wildman–Crippen LogP) is 6.39. The van der Waals surface area contributed by atoms with Gasteiger partial charge in [0.05, 0.1) is 19.2 Å². The van der Waals surface area contributed by atoms with Gasteiger partial charge in [-0.05, 0) is 64.0 Å². The standard InChI is InChI=1S/C16H23N3O.C4H8.2C2H6/c1-4-15(20-5-2)10-19-11-16(12(3)18-19)13-6-8-14(17)9-7-13;1-4(2)3;2*1-2/h4,6-9,11-12,18H,5,10,17H2,1-3H3;1H2,2-3H3;2*1-2H3/b15-4+;;;. The molecule has 160 valence electrons. The van der Waals surface area contributed by atoms with Gasteiger partial charge in [-0.25, -0.2) is 5.43 Å². The van der Waals surface area contributed by atoms with Crippen molar-refractivity contribution < 1.29 is 4.74 Å². The Morgan fingerprint density at radius 1 is 1.18 bits per heavy atom. The van der Waals surface area contributed by atoms with Gasteiger partial charge in [-0.2, -0.15) is 0 Å². The van der Waals surface area contributed by atoms with Gasteiger partial charge in [-0.1, -0.05) is 45.4 Å². The third kappa shape index (κ3) is 11.5. The van der Waals surface area contributed by atoms with Crippen LogP contribution in [-0.2, 0) is 4.74 Å². The highest BCUT2D eigenvalue weighted by Crippen LogP contribution is 2.25. The first kappa shape index (κ1) is 28.0. The van der Waals surface area contributed by atoms with Gasteiger partial charge in [-0.15, -0.1) is 6.58 Å². The van der Waals surface area contributed by atoms with Crippen molar-refractivity contribution in [1.29, 1.82) is 0 Å². The summed E-state index contributed by atoms with van der Waals surface area (Å²) < 4.78 is 5.58. The fraction of sp³-hybridized carbons (Fsp3) is 0.500. The van der Waals surface area contributed by atoms with E-state index in [2.05, 4.69) is 42.3 Å². The van der Waals surface area contributed by atoms with E-state index in [9.17, 15) is 0 Å². The molecule has 3 N–H and O–H groups in total. The number of hydrogen-bond donors (Lipinski definition) is 2. The quantitative estimate of drug-likeness (QED) is 0.348.